The van der Waals surface area contributed by atoms with Crippen LogP contribution >= 0.6 is 0 Å². The second-order valence-corrected chi connectivity index (χ2v) is 8.37. The van der Waals surface area contributed by atoms with Crippen molar-refractivity contribution in [2.75, 3.05) is 18.6 Å². The Hall–Kier alpha value is -4.97. The van der Waals surface area contributed by atoms with Gasteiger partial charge in [-0.2, -0.15) is 5.26 Å². The first-order chi connectivity index (χ1) is 17.5. The van der Waals surface area contributed by atoms with Gasteiger partial charge in [0.15, 0.2) is 0 Å². The van der Waals surface area contributed by atoms with Gasteiger partial charge in [-0.25, -0.2) is 4.98 Å². The maximum atomic E-state index is 13.2. The molecule has 0 bridgehead atoms. The number of rotatable bonds is 5. The van der Waals surface area contributed by atoms with Gasteiger partial charge in [0.25, 0.3) is 11.8 Å². The first-order valence-corrected chi connectivity index (χ1v) is 11.3. The number of nitrogens with one attached hydrogen (secondary N) is 2. The van der Waals surface area contributed by atoms with Gasteiger partial charge in [0, 0.05) is 13.5 Å². The number of hydrogen-bond acceptors (Lipinski definition) is 6. The van der Waals surface area contributed by atoms with E-state index in [-0.39, 0.29) is 18.3 Å². The lowest BCUT2D eigenvalue weighted by Crippen LogP contribution is -2.49. The minimum absolute atomic E-state index is 0.0284. The Morgan fingerprint density at radius 3 is 2.64 bits per heavy atom. The van der Waals surface area contributed by atoms with E-state index < -0.39 is 11.9 Å². The SMILES string of the molecule is CN1C(=O)[C@@H](NC(=O)c2n[nH]c(Cc3ccccc3)n2)COc2ccc(-c3ccc(C#N)cc3)cc21. The summed E-state index contributed by atoms with van der Waals surface area (Å²) in [5, 5.41) is 18.5. The van der Waals surface area contributed by atoms with E-state index in [1.54, 1.807) is 25.2 Å². The van der Waals surface area contributed by atoms with Gasteiger partial charge in [-0.1, -0.05) is 48.5 Å². The van der Waals surface area contributed by atoms with Gasteiger partial charge in [0.2, 0.25) is 5.82 Å². The van der Waals surface area contributed by atoms with Crippen molar-refractivity contribution in [3.8, 4) is 22.9 Å². The molecule has 1 aliphatic heterocycles. The van der Waals surface area contributed by atoms with Crippen molar-refractivity contribution in [2.45, 2.75) is 12.5 Å². The van der Waals surface area contributed by atoms with Gasteiger partial charge in [0.05, 0.1) is 17.3 Å². The molecule has 0 radical (unpaired) electrons. The fraction of sp³-hybridized carbons (Fsp3) is 0.148. The molecule has 4 aromatic rings. The number of hydrogen-bond donors (Lipinski definition) is 2. The second-order valence-electron chi connectivity index (χ2n) is 8.37. The summed E-state index contributed by atoms with van der Waals surface area (Å²) >= 11 is 0. The number of aromatic nitrogens is 3. The van der Waals surface area contributed by atoms with Crippen LogP contribution in [0.4, 0.5) is 5.69 Å². The second kappa shape index (κ2) is 9.72. The average molecular weight is 479 g/mol. The summed E-state index contributed by atoms with van der Waals surface area (Å²) in [7, 11) is 1.64. The molecule has 2 amide bonds. The third-order valence-corrected chi connectivity index (χ3v) is 5.96. The molecule has 36 heavy (non-hydrogen) atoms. The Bertz CT molecular complexity index is 1460. The van der Waals surface area contributed by atoms with Gasteiger partial charge in [-0.05, 0) is 41.0 Å². The molecular formula is C27H22N6O3. The number of carbonyl (C=O) groups excluding carboxylic acids is 2. The Morgan fingerprint density at radius 1 is 1.14 bits per heavy atom. The zero-order valence-electron chi connectivity index (χ0n) is 19.4. The van der Waals surface area contributed by atoms with Gasteiger partial charge in [-0.3, -0.25) is 14.7 Å². The highest BCUT2D eigenvalue weighted by Crippen LogP contribution is 2.35. The fourth-order valence-electron chi connectivity index (χ4n) is 4.01. The molecule has 1 aliphatic rings. The number of nitriles is 1. The van der Waals surface area contributed by atoms with Crippen molar-refractivity contribution in [3.05, 3.63) is 95.6 Å². The lowest BCUT2D eigenvalue weighted by atomic mass is 10.0. The van der Waals surface area contributed by atoms with Gasteiger partial charge in [-0.15, -0.1) is 5.10 Å². The van der Waals surface area contributed by atoms with Crippen molar-refractivity contribution in [1.29, 1.82) is 5.26 Å². The lowest BCUT2D eigenvalue weighted by molar-refractivity contribution is -0.120. The first kappa shape index (κ1) is 22.8. The van der Waals surface area contributed by atoms with Gasteiger partial charge >= 0.3 is 0 Å². The number of carbonyl (C=O) groups is 2. The molecule has 1 aromatic heterocycles. The van der Waals surface area contributed by atoms with Crippen LogP contribution in [0.2, 0.25) is 0 Å². The van der Waals surface area contributed by atoms with Crippen LogP contribution in [-0.4, -0.2) is 46.7 Å². The quantitative estimate of drug-likeness (QED) is 0.454. The molecular weight excluding hydrogens is 456 g/mol. The largest absolute Gasteiger partial charge is 0.489 e. The third kappa shape index (κ3) is 4.65. The zero-order valence-corrected chi connectivity index (χ0v) is 19.4. The molecule has 3 aromatic carbocycles. The predicted octanol–water partition coefficient (Wildman–Crippen LogP) is 3.09. The average Bonchev–Trinajstić information content (AvgIpc) is 3.35. The lowest BCUT2D eigenvalue weighted by Gasteiger charge is -2.20. The van der Waals surface area contributed by atoms with Crippen molar-refractivity contribution in [3.63, 3.8) is 0 Å². The number of amides is 2. The molecule has 0 saturated carbocycles. The smallest absolute Gasteiger partial charge is 0.291 e. The van der Waals surface area contributed by atoms with Crippen molar-refractivity contribution in [1.82, 2.24) is 20.5 Å². The third-order valence-electron chi connectivity index (χ3n) is 5.96. The number of H-pyrrole nitrogens is 1. The normalized spacial score (nSPS) is 14.8. The monoisotopic (exact) mass is 478 g/mol. The highest BCUT2D eigenvalue weighted by atomic mass is 16.5. The van der Waals surface area contributed by atoms with Crippen LogP contribution in [-0.2, 0) is 11.2 Å². The Morgan fingerprint density at radius 2 is 1.89 bits per heavy atom. The Balaban J connectivity index is 1.30. The van der Waals surface area contributed by atoms with Crippen LogP contribution in [0.1, 0.15) is 27.6 Å². The number of nitrogens with zero attached hydrogens (tertiary/aromatic N) is 4. The van der Waals surface area contributed by atoms with Gasteiger partial charge < -0.3 is 15.0 Å². The van der Waals surface area contributed by atoms with Gasteiger partial charge in [0.1, 0.15) is 24.2 Å². The molecule has 0 aliphatic carbocycles. The van der Waals surface area contributed by atoms with Crippen LogP contribution < -0.4 is 15.0 Å². The van der Waals surface area contributed by atoms with E-state index in [2.05, 4.69) is 26.6 Å². The summed E-state index contributed by atoms with van der Waals surface area (Å²) in [6.07, 6.45) is 0.506. The van der Waals surface area contributed by atoms with Crippen LogP contribution in [0.25, 0.3) is 11.1 Å². The number of likely N-dealkylation sites (N-methyl/N-ethyl adjacent to an activating group) is 1. The van der Waals surface area contributed by atoms with Crippen molar-refractivity contribution < 1.29 is 14.3 Å². The van der Waals surface area contributed by atoms with Crippen LogP contribution in [0.5, 0.6) is 5.75 Å². The summed E-state index contributed by atoms with van der Waals surface area (Å²) in [4.78, 5) is 31.7. The fourth-order valence-corrected chi connectivity index (χ4v) is 4.01. The molecule has 0 unspecified atom stereocenters. The highest BCUT2D eigenvalue weighted by molar-refractivity contribution is 6.02. The van der Waals surface area contributed by atoms with E-state index >= 15 is 0 Å². The maximum absolute atomic E-state index is 13.2. The number of ether oxygens (including phenoxy) is 1. The molecule has 2 heterocycles. The molecule has 178 valence electrons. The van der Waals surface area contributed by atoms with E-state index in [9.17, 15) is 9.59 Å². The molecule has 0 fully saturated rings. The predicted molar refractivity (Wildman–Crippen MR) is 132 cm³/mol. The van der Waals surface area contributed by atoms with Crippen molar-refractivity contribution >= 4 is 17.5 Å². The molecule has 1 atom stereocenters. The van der Waals surface area contributed by atoms with Crippen LogP contribution in [0.3, 0.4) is 0 Å². The number of benzene rings is 3. The molecule has 0 saturated heterocycles. The summed E-state index contributed by atoms with van der Waals surface area (Å²) < 4.78 is 5.88. The van der Waals surface area contributed by atoms with Crippen LogP contribution in [0.15, 0.2) is 72.8 Å². The summed E-state index contributed by atoms with van der Waals surface area (Å²) in [6.45, 7) is -0.0284. The summed E-state index contributed by atoms with van der Waals surface area (Å²) in [5.41, 5.74) is 3.97. The number of aromatic amines is 1. The minimum atomic E-state index is -0.913. The number of anilines is 1. The van der Waals surface area contributed by atoms with E-state index in [0.717, 1.165) is 16.7 Å². The first-order valence-electron chi connectivity index (χ1n) is 11.3. The van der Waals surface area contributed by atoms with E-state index in [1.807, 2.05) is 54.6 Å². The van der Waals surface area contributed by atoms with E-state index in [1.165, 1.54) is 4.90 Å². The topological polar surface area (TPSA) is 124 Å². The molecule has 0 spiro atoms. The zero-order chi connectivity index (χ0) is 25.1. The summed E-state index contributed by atoms with van der Waals surface area (Å²) in [6, 6.07) is 23.6. The Kier molecular flexibility index (Phi) is 6.16. The minimum Gasteiger partial charge on any atom is -0.489 e. The van der Waals surface area contributed by atoms with Crippen molar-refractivity contribution in [2.24, 2.45) is 0 Å². The molecule has 9 nitrogen and oxygen atoms in total. The number of fused-ring (bicyclic) bond motifs is 1. The standard InChI is InChI=1S/C27H22N6O3/c1-33-22-14-20(19-9-7-18(15-28)8-10-19)11-12-23(22)36-16-21(27(33)35)29-26(34)25-30-24(31-32-25)13-17-5-3-2-4-6-17/h2-12,14,21H,13,16H2,1H3,(H,29,34)(H,30,31,32)/t21-/m0/s1. The molecule has 2 N–H and O–H groups in total. The molecule has 5 rings (SSSR count). The van der Waals surface area contributed by atoms with E-state index in [0.29, 0.717) is 29.2 Å². The van der Waals surface area contributed by atoms with Crippen LogP contribution in [0, 0.1) is 11.3 Å². The molecule has 9 heteroatoms. The highest BCUT2D eigenvalue weighted by Gasteiger charge is 2.31. The van der Waals surface area contributed by atoms with E-state index in [4.69, 9.17) is 10.00 Å². The Labute approximate surface area is 207 Å². The maximum Gasteiger partial charge on any atom is 0.291 e. The summed E-state index contributed by atoms with van der Waals surface area (Å²) in [5.74, 6) is 0.156.